The van der Waals surface area contributed by atoms with E-state index >= 15 is 0 Å². The SMILES string of the molecule is [N-]=[N+]=NC1=C([C@@H]2OC(C3CCC(OCCCO)CC3)=N[C@]2(CC2CCCCC2N=[N+]=[N-])C(=O)NCC(O)CO)CCCC1. The van der Waals surface area contributed by atoms with Crippen LogP contribution in [0.2, 0.25) is 0 Å². The zero-order valence-electron chi connectivity index (χ0n) is 24.9. The maximum Gasteiger partial charge on any atom is 0.252 e. The first-order chi connectivity index (χ1) is 20.9. The third-order valence-electron chi connectivity index (χ3n) is 9.37. The lowest BCUT2D eigenvalue weighted by atomic mass is 9.72. The number of carbonyl (C=O) groups excluding carboxylic acids is 1. The van der Waals surface area contributed by atoms with E-state index in [1.165, 1.54) is 0 Å². The third-order valence-corrected chi connectivity index (χ3v) is 9.37. The van der Waals surface area contributed by atoms with Crippen molar-refractivity contribution < 1.29 is 29.6 Å². The molecular formula is C29H46N8O6. The quantitative estimate of drug-likeness (QED) is 0.0979. The van der Waals surface area contributed by atoms with Gasteiger partial charge in [-0.15, -0.1) is 0 Å². The van der Waals surface area contributed by atoms with E-state index in [1.54, 1.807) is 0 Å². The number of aliphatic hydroxyl groups excluding tert-OH is 3. The van der Waals surface area contributed by atoms with Crippen LogP contribution in [0, 0.1) is 11.8 Å². The second-order valence-corrected chi connectivity index (χ2v) is 12.2. The molecule has 0 radical (unpaired) electrons. The van der Waals surface area contributed by atoms with E-state index in [1.807, 2.05) is 0 Å². The smallest absolute Gasteiger partial charge is 0.252 e. The molecule has 0 bridgehead atoms. The van der Waals surface area contributed by atoms with Crippen LogP contribution in [0.3, 0.4) is 0 Å². The van der Waals surface area contributed by atoms with Gasteiger partial charge in [-0.25, -0.2) is 4.99 Å². The van der Waals surface area contributed by atoms with E-state index in [2.05, 4.69) is 25.4 Å². The van der Waals surface area contributed by atoms with E-state index in [0.717, 1.165) is 69.8 Å². The first kappa shape index (κ1) is 33.0. The summed E-state index contributed by atoms with van der Waals surface area (Å²) in [5, 5.41) is 39.5. The molecule has 1 amide bonds. The highest BCUT2D eigenvalue weighted by molar-refractivity contribution is 5.95. The molecule has 4 aliphatic rings. The normalized spacial score (nSPS) is 31.7. The van der Waals surface area contributed by atoms with Gasteiger partial charge < -0.3 is 30.1 Å². The zero-order chi connectivity index (χ0) is 30.7. The summed E-state index contributed by atoms with van der Waals surface area (Å²) < 4.78 is 12.6. The van der Waals surface area contributed by atoms with E-state index in [9.17, 15) is 26.1 Å². The van der Waals surface area contributed by atoms with Crippen LogP contribution in [0.1, 0.15) is 89.9 Å². The second-order valence-electron chi connectivity index (χ2n) is 12.2. The molecular weight excluding hydrogens is 556 g/mol. The van der Waals surface area contributed by atoms with Gasteiger partial charge in [0.1, 0.15) is 0 Å². The van der Waals surface area contributed by atoms with Gasteiger partial charge in [-0.3, -0.25) is 4.79 Å². The van der Waals surface area contributed by atoms with E-state index in [4.69, 9.17) is 19.6 Å². The highest BCUT2D eigenvalue weighted by Gasteiger charge is 2.56. The van der Waals surface area contributed by atoms with Crippen molar-refractivity contribution in [3.8, 4) is 0 Å². The summed E-state index contributed by atoms with van der Waals surface area (Å²) in [6, 6.07) is -0.283. The number of nitrogens with one attached hydrogen (secondary N) is 1. The van der Waals surface area contributed by atoms with Gasteiger partial charge >= 0.3 is 0 Å². The van der Waals surface area contributed by atoms with Gasteiger partial charge in [0.05, 0.1) is 18.8 Å². The Morgan fingerprint density at radius 2 is 1.86 bits per heavy atom. The molecule has 43 heavy (non-hydrogen) atoms. The zero-order valence-corrected chi connectivity index (χ0v) is 24.9. The van der Waals surface area contributed by atoms with Crippen LogP contribution < -0.4 is 5.32 Å². The molecule has 1 heterocycles. The molecule has 1 aliphatic heterocycles. The summed E-state index contributed by atoms with van der Waals surface area (Å²) in [6.45, 7) is -0.0504. The largest absolute Gasteiger partial charge is 0.470 e. The van der Waals surface area contributed by atoms with Crippen molar-refractivity contribution in [2.24, 2.45) is 27.1 Å². The number of hydrogen-bond acceptors (Lipinski definition) is 9. The van der Waals surface area contributed by atoms with Gasteiger partial charge in [0.25, 0.3) is 5.91 Å². The molecule has 5 atom stereocenters. The van der Waals surface area contributed by atoms with Crippen LogP contribution in [-0.4, -0.2) is 83.4 Å². The first-order valence-electron chi connectivity index (χ1n) is 15.8. The topological polar surface area (TPSA) is 218 Å². The molecule has 0 aromatic carbocycles. The van der Waals surface area contributed by atoms with E-state index in [0.29, 0.717) is 37.5 Å². The van der Waals surface area contributed by atoms with Crippen LogP contribution in [0.4, 0.5) is 0 Å². The predicted molar refractivity (Wildman–Crippen MR) is 159 cm³/mol. The standard InChI is InChI=1S/C29H46N8O6/c30-36-34-24-8-3-1-6-20(24)16-29(28(41)32-17-21(40)18-39)26(23-7-2-4-9-25(23)35-37-31)43-27(33-29)19-10-12-22(13-11-19)42-15-5-14-38/h19-22,24,26,38-40H,1-18H2,(H,32,41)/t19?,20?,21?,22?,24?,26-,29-/m0/s1. The van der Waals surface area contributed by atoms with Gasteiger partial charge in [-0.1, -0.05) is 23.1 Å². The summed E-state index contributed by atoms with van der Waals surface area (Å²) in [7, 11) is 0. The van der Waals surface area contributed by atoms with Crippen LogP contribution >= 0.6 is 0 Å². The number of amides is 1. The van der Waals surface area contributed by atoms with Gasteiger partial charge in [0.15, 0.2) is 17.5 Å². The molecule has 0 aromatic heterocycles. The lowest BCUT2D eigenvalue weighted by Gasteiger charge is -2.39. The Bertz CT molecular complexity index is 1110. The van der Waals surface area contributed by atoms with Crippen molar-refractivity contribution in [3.05, 3.63) is 32.2 Å². The maximum atomic E-state index is 14.3. The molecule has 3 aliphatic carbocycles. The minimum atomic E-state index is -1.42. The van der Waals surface area contributed by atoms with E-state index < -0.39 is 30.3 Å². The number of rotatable bonds is 14. The molecule has 4 rings (SSSR count). The third kappa shape index (κ3) is 8.20. The minimum Gasteiger partial charge on any atom is -0.470 e. The summed E-state index contributed by atoms with van der Waals surface area (Å²) in [5.74, 6) is -0.0600. The van der Waals surface area contributed by atoms with Gasteiger partial charge in [-0.05, 0) is 99.6 Å². The number of nitrogens with zero attached hydrogens (tertiary/aromatic N) is 7. The number of ether oxygens (including phenoxy) is 2. The molecule has 2 saturated carbocycles. The molecule has 4 N–H and O–H groups in total. The summed E-state index contributed by atoms with van der Waals surface area (Å²) in [5.41, 5.74) is 18.6. The fourth-order valence-corrected chi connectivity index (χ4v) is 7.09. The fourth-order valence-electron chi connectivity index (χ4n) is 7.09. The average Bonchev–Trinajstić information content (AvgIpc) is 3.41. The Kier molecular flexibility index (Phi) is 12.5. The molecule has 14 heteroatoms. The second kappa shape index (κ2) is 16.3. The summed E-state index contributed by atoms with van der Waals surface area (Å²) in [4.78, 5) is 25.6. The van der Waals surface area contributed by atoms with Crippen molar-refractivity contribution >= 4 is 11.8 Å². The Morgan fingerprint density at radius 1 is 1.09 bits per heavy atom. The van der Waals surface area contributed by atoms with Crippen molar-refractivity contribution in [3.63, 3.8) is 0 Å². The van der Waals surface area contributed by atoms with E-state index in [-0.39, 0.29) is 43.6 Å². The Morgan fingerprint density at radius 3 is 2.58 bits per heavy atom. The Hall–Kier alpha value is -2.86. The molecule has 2 fully saturated rings. The fraction of sp³-hybridized carbons (Fsp3) is 0.862. The number of aliphatic hydroxyl groups is 3. The molecule has 0 saturated heterocycles. The average molecular weight is 603 g/mol. The molecule has 3 unspecified atom stereocenters. The monoisotopic (exact) mass is 602 g/mol. The first-order valence-corrected chi connectivity index (χ1v) is 15.8. The van der Waals surface area contributed by atoms with Crippen LogP contribution in [-0.2, 0) is 14.3 Å². The van der Waals surface area contributed by atoms with Crippen molar-refractivity contribution in [1.82, 2.24) is 5.32 Å². The van der Waals surface area contributed by atoms with Crippen LogP contribution in [0.25, 0.3) is 20.9 Å². The lowest BCUT2D eigenvalue weighted by Crippen LogP contribution is -2.56. The predicted octanol–water partition coefficient (Wildman–Crippen LogP) is 4.35. The lowest BCUT2D eigenvalue weighted by molar-refractivity contribution is -0.129. The number of azide groups is 2. The number of allylic oxidation sites excluding steroid dienone is 1. The van der Waals surface area contributed by atoms with Gasteiger partial charge in [0.2, 0.25) is 0 Å². The highest BCUT2D eigenvalue weighted by Crippen LogP contribution is 2.46. The van der Waals surface area contributed by atoms with Crippen molar-refractivity contribution in [2.75, 3.05) is 26.4 Å². The number of carbonyl (C=O) groups is 1. The molecule has 14 nitrogen and oxygen atoms in total. The summed E-state index contributed by atoms with van der Waals surface area (Å²) >= 11 is 0. The van der Waals surface area contributed by atoms with Crippen LogP contribution in [0.5, 0.6) is 0 Å². The Labute approximate surface area is 252 Å². The van der Waals surface area contributed by atoms with Gasteiger partial charge in [-0.2, -0.15) is 0 Å². The summed E-state index contributed by atoms with van der Waals surface area (Å²) in [6.07, 6.45) is 8.46. The number of hydrogen-bond donors (Lipinski definition) is 4. The minimum absolute atomic E-state index is 0.0238. The molecule has 0 aromatic rings. The Balaban J connectivity index is 1.73. The molecule has 238 valence electrons. The maximum absolute atomic E-state index is 14.3. The van der Waals surface area contributed by atoms with Gasteiger partial charge in [0, 0.05) is 47.2 Å². The number of aliphatic imine (C=N–C) groups is 1. The highest BCUT2D eigenvalue weighted by atomic mass is 16.5. The van der Waals surface area contributed by atoms with Crippen molar-refractivity contribution in [2.45, 2.75) is 120 Å². The van der Waals surface area contributed by atoms with Crippen molar-refractivity contribution in [1.29, 1.82) is 0 Å². The molecule has 0 spiro atoms. The van der Waals surface area contributed by atoms with Crippen LogP contribution in [0.15, 0.2) is 26.5 Å².